The van der Waals surface area contributed by atoms with Gasteiger partial charge in [0.2, 0.25) is 0 Å². The number of hydrogen-bond acceptors (Lipinski definition) is 6. The monoisotopic (exact) mass is 1450 g/mol. The van der Waals surface area contributed by atoms with Gasteiger partial charge < -0.3 is 30.6 Å². The molecule has 0 atom stereocenters. The molecule has 4 aliphatic rings. The van der Waals surface area contributed by atoms with Gasteiger partial charge in [0.25, 0.3) is 11.8 Å². The Bertz CT molecular complexity index is 6090. The quantitative estimate of drug-likeness (QED) is 0.0463. The number of benzene rings is 2. The highest BCUT2D eigenvalue weighted by Crippen LogP contribution is 2.42. The number of hydrogen-bond donors (Lipinski definition) is 6. The van der Waals surface area contributed by atoms with Gasteiger partial charge in [0.15, 0.2) is 74.4 Å². The fourth-order valence-electron chi connectivity index (χ4n) is 15.1. The lowest BCUT2D eigenvalue weighted by molar-refractivity contribution is -0.671. The zero-order chi connectivity index (χ0) is 75.4. The molecule has 0 radical (unpaired) electrons. The van der Waals surface area contributed by atoms with E-state index in [0.29, 0.717) is 30.6 Å². The van der Waals surface area contributed by atoms with Gasteiger partial charge >= 0.3 is 0 Å². The van der Waals surface area contributed by atoms with E-state index in [9.17, 15) is 9.59 Å². The SMILES string of the molecule is C[n+]1ccc(-c2c3nc(c(-c4cc[n+](C)cc4)c4ccc([nH]4)c(-c4cc[n+](C)cc4)c4nc(c(-c5ccc(C(=O)NCCCNC(=O)c6ccc(-c7c8nc(c(-c9cc[n+](C)cc9)c9ccc([nH]9)c(-c9cc[n+](C)cc9)c9nc(c(-c%10cc[n+](C)cc%10)c%10ccc7[nH]%10)C=C9)C=C8)cc6)cc5)c5ccc2[nH]5)C=C4)C=C3)cc1. The summed E-state index contributed by atoms with van der Waals surface area (Å²) in [7, 11) is 12.1. The molecule has 12 aromatic heterocycles. The van der Waals surface area contributed by atoms with Gasteiger partial charge in [0.1, 0.15) is 42.3 Å². The third-order valence-corrected chi connectivity index (χ3v) is 20.9. The van der Waals surface area contributed by atoms with Gasteiger partial charge in [-0.05, 0) is 172 Å². The second-order valence-electron chi connectivity index (χ2n) is 28.5. The number of aromatic amines is 4. The minimum atomic E-state index is -0.226. The van der Waals surface area contributed by atoms with Crippen molar-refractivity contribution >= 4 is 105 Å². The standard InChI is InChI=1S/C93H74N16O2/c1-104-46-32-60(33-47-104)86-72-20-16-68(96-72)84(69-17-21-73(97-69)87(61-34-48-105(2)49-35-61)77-25-29-81(101-77)90(80-28-24-76(86)100-80)64-40-54-108(5)55-41-64)58-8-12-66(13-9-58)92(110)94-44-7-45-95-93(111)67-14-10-59(11-15-67)85-70-18-22-74(98-70)88(62-36-50-106(3)51-37-62)78-26-30-82(102-78)91(65-42-56-109(6)57-43-65)83-31-27-79(103-83)89(75-23-19-71(85)99-75)63-38-52-107(4)53-39-63/h8-43,46-57H,7,44-45H2,1-6H3,(H2-2,94,95,96,97,98,99,100,101,102,103,110,111)/q+2/p+4. The molecule has 18 nitrogen and oxygen atoms in total. The van der Waals surface area contributed by atoms with E-state index in [2.05, 4.69) is 275 Å². The molecule has 2 amide bonds. The molecule has 4 aliphatic heterocycles. The van der Waals surface area contributed by atoms with E-state index in [4.69, 9.17) is 19.9 Å². The number of rotatable bonds is 14. The van der Waals surface area contributed by atoms with Crippen LogP contribution in [0.25, 0.3) is 182 Å². The maximum absolute atomic E-state index is 14.1. The molecule has 14 aromatic rings. The molecule has 6 N–H and O–H groups in total. The minimum Gasteiger partial charge on any atom is -0.354 e. The van der Waals surface area contributed by atoms with Crippen molar-refractivity contribution in [1.29, 1.82) is 0 Å². The van der Waals surface area contributed by atoms with Gasteiger partial charge in [0.05, 0.1) is 45.6 Å². The predicted molar refractivity (Wildman–Crippen MR) is 438 cm³/mol. The lowest BCUT2D eigenvalue weighted by Crippen LogP contribution is -2.29. The molecule has 16 heterocycles. The normalized spacial score (nSPS) is 12.1. The summed E-state index contributed by atoms with van der Waals surface area (Å²) in [5.41, 5.74) is 29.7. The molecule has 16 bridgehead atoms. The van der Waals surface area contributed by atoms with E-state index >= 15 is 0 Å². The first-order valence-electron chi connectivity index (χ1n) is 37.1. The van der Waals surface area contributed by atoms with Gasteiger partial charge in [-0.2, -0.15) is 0 Å². The summed E-state index contributed by atoms with van der Waals surface area (Å²) >= 11 is 0. The number of nitrogens with one attached hydrogen (secondary N) is 6. The Kier molecular flexibility index (Phi) is 17.6. The number of amides is 2. The lowest BCUT2D eigenvalue weighted by atomic mass is 10.0. The van der Waals surface area contributed by atoms with Crippen molar-refractivity contribution in [3.05, 3.63) is 301 Å². The fourth-order valence-corrected chi connectivity index (χ4v) is 15.1. The number of nitrogens with zero attached hydrogens (tertiary/aromatic N) is 10. The van der Waals surface area contributed by atoms with Crippen molar-refractivity contribution in [2.24, 2.45) is 42.3 Å². The van der Waals surface area contributed by atoms with E-state index < -0.39 is 0 Å². The molecule has 536 valence electrons. The third kappa shape index (κ3) is 13.4. The van der Waals surface area contributed by atoms with Crippen LogP contribution >= 0.6 is 0 Å². The molecular formula is C93H78N16O2+6. The summed E-state index contributed by atoms with van der Waals surface area (Å²) in [5.74, 6) is -0.452. The molecule has 0 saturated heterocycles. The number of carbonyl (C=O) groups is 2. The fraction of sp³-hybridized carbons (Fsp3) is 0.0968. The number of aryl methyl sites for hydroxylation is 6. The van der Waals surface area contributed by atoms with Crippen LogP contribution in [0.1, 0.15) is 72.7 Å². The summed E-state index contributed by atoms with van der Waals surface area (Å²) in [6, 6.07) is 57.8. The molecule has 0 fully saturated rings. The Labute approximate surface area is 640 Å². The van der Waals surface area contributed by atoms with Crippen LogP contribution < -0.4 is 38.0 Å². The Hall–Kier alpha value is -14.5. The Morgan fingerprint density at radius 1 is 0.243 bits per heavy atom. The van der Waals surface area contributed by atoms with Gasteiger partial charge in [0, 0.05) is 186 Å². The molecule has 111 heavy (non-hydrogen) atoms. The molecule has 18 rings (SSSR count). The minimum absolute atomic E-state index is 0.226. The van der Waals surface area contributed by atoms with E-state index in [1.54, 1.807) is 0 Å². The molecule has 2 aromatic carbocycles. The maximum Gasteiger partial charge on any atom is 0.251 e. The van der Waals surface area contributed by atoms with Crippen molar-refractivity contribution in [3.8, 4) is 89.0 Å². The molecule has 0 aliphatic carbocycles. The lowest BCUT2D eigenvalue weighted by Gasteiger charge is -2.09. The van der Waals surface area contributed by atoms with E-state index in [0.717, 1.165) is 179 Å². The Morgan fingerprint density at radius 3 is 0.577 bits per heavy atom. The first kappa shape index (κ1) is 68.3. The van der Waals surface area contributed by atoms with Crippen molar-refractivity contribution in [1.82, 2.24) is 50.5 Å². The Morgan fingerprint density at radius 2 is 0.405 bits per heavy atom. The largest absolute Gasteiger partial charge is 0.354 e. The van der Waals surface area contributed by atoms with Gasteiger partial charge in [-0.1, -0.05) is 24.3 Å². The van der Waals surface area contributed by atoms with Crippen LogP contribution in [0, 0.1) is 0 Å². The van der Waals surface area contributed by atoms with Crippen molar-refractivity contribution < 1.29 is 37.0 Å². The molecule has 0 unspecified atom stereocenters. The van der Waals surface area contributed by atoms with Crippen LogP contribution in [-0.4, -0.2) is 64.8 Å². The van der Waals surface area contributed by atoms with Crippen LogP contribution in [0.3, 0.4) is 0 Å². The molecular weight excluding hydrogens is 1370 g/mol. The van der Waals surface area contributed by atoms with Crippen molar-refractivity contribution in [3.63, 3.8) is 0 Å². The summed E-state index contributed by atoms with van der Waals surface area (Å²) in [5, 5.41) is 6.21. The first-order chi connectivity index (χ1) is 54.2. The summed E-state index contributed by atoms with van der Waals surface area (Å²) < 4.78 is 12.2. The highest BCUT2D eigenvalue weighted by atomic mass is 16.2. The maximum atomic E-state index is 14.1. The smallest absolute Gasteiger partial charge is 0.251 e. The number of pyridine rings is 6. The molecule has 18 heteroatoms. The van der Waals surface area contributed by atoms with Crippen LogP contribution in [-0.2, 0) is 42.3 Å². The highest BCUT2D eigenvalue weighted by molar-refractivity contribution is 6.04. The molecule has 0 saturated carbocycles. The zero-order valence-electron chi connectivity index (χ0n) is 62.1. The third-order valence-electron chi connectivity index (χ3n) is 20.9. The second-order valence-corrected chi connectivity index (χ2v) is 28.5. The first-order valence-corrected chi connectivity index (χ1v) is 37.1. The van der Waals surface area contributed by atoms with Crippen LogP contribution in [0.4, 0.5) is 0 Å². The zero-order valence-corrected chi connectivity index (χ0v) is 62.1. The second kappa shape index (κ2) is 28.6. The van der Waals surface area contributed by atoms with Crippen LogP contribution in [0.15, 0.2) is 244 Å². The van der Waals surface area contributed by atoms with E-state index in [1.807, 2.05) is 118 Å². The van der Waals surface area contributed by atoms with Crippen LogP contribution in [0.2, 0.25) is 0 Å². The predicted octanol–water partition coefficient (Wildman–Crippen LogP) is 14.5. The number of carbonyl (C=O) groups excluding carboxylic acids is 2. The Balaban J connectivity index is 0.637. The summed E-state index contributed by atoms with van der Waals surface area (Å²) in [6.45, 7) is 0.670. The van der Waals surface area contributed by atoms with Gasteiger partial charge in [-0.3, -0.25) is 9.59 Å². The number of H-pyrrole nitrogens is 4. The van der Waals surface area contributed by atoms with Gasteiger partial charge in [-0.25, -0.2) is 47.3 Å². The summed E-state index contributed by atoms with van der Waals surface area (Å²) in [6.07, 6.45) is 41.9. The number of aromatic nitrogens is 14. The average Bonchev–Trinajstić information content (AvgIpc) is 1.62. The number of fused-ring (bicyclic) bond motifs is 16. The van der Waals surface area contributed by atoms with Crippen LogP contribution in [0.5, 0.6) is 0 Å². The highest BCUT2D eigenvalue weighted by Gasteiger charge is 2.25. The topological polar surface area (TPSA) is 196 Å². The van der Waals surface area contributed by atoms with Crippen molar-refractivity contribution in [2.45, 2.75) is 6.42 Å². The molecule has 0 spiro atoms. The average molecular weight is 1450 g/mol. The summed E-state index contributed by atoms with van der Waals surface area (Å²) in [4.78, 5) is 65.4. The van der Waals surface area contributed by atoms with Crippen molar-refractivity contribution in [2.75, 3.05) is 13.1 Å². The van der Waals surface area contributed by atoms with Gasteiger partial charge in [-0.15, -0.1) is 0 Å². The van der Waals surface area contributed by atoms with E-state index in [1.165, 1.54) is 0 Å². The van der Waals surface area contributed by atoms with E-state index in [-0.39, 0.29) is 11.8 Å².